The molecule has 0 saturated carbocycles. The molecule has 3 rings (SSSR count). The summed E-state index contributed by atoms with van der Waals surface area (Å²) in [5, 5.41) is 9.87. The monoisotopic (exact) mass is 494 g/mol. The van der Waals surface area contributed by atoms with Gasteiger partial charge in [-0.15, -0.1) is 0 Å². The molecule has 1 aromatic heterocycles. The van der Waals surface area contributed by atoms with Gasteiger partial charge < -0.3 is 15.4 Å². The van der Waals surface area contributed by atoms with Gasteiger partial charge in [-0.25, -0.2) is 9.07 Å². The zero-order valence-corrected chi connectivity index (χ0v) is 20.8. The van der Waals surface area contributed by atoms with E-state index in [9.17, 15) is 18.8 Å². The number of benzene rings is 2. The average Bonchev–Trinajstić information content (AvgIpc) is 3.39. The Morgan fingerprint density at radius 2 is 1.75 bits per heavy atom. The molecule has 0 spiro atoms. The molecule has 1 heterocycles. The number of nitrogens with zero attached hydrogens (tertiary/aromatic N) is 2. The first-order valence-corrected chi connectivity index (χ1v) is 11.6. The summed E-state index contributed by atoms with van der Waals surface area (Å²) in [7, 11) is 1.28. The molecule has 3 aromatic rings. The zero-order valence-electron chi connectivity index (χ0n) is 20.8. The summed E-state index contributed by atoms with van der Waals surface area (Å²) in [6.07, 6.45) is 3.95. The quantitative estimate of drug-likeness (QED) is 0.421. The summed E-state index contributed by atoms with van der Waals surface area (Å²) in [5.74, 6) is -2.31. The maximum absolute atomic E-state index is 13.3. The lowest BCUT2D eigenvalue weighted by Crippen LogP contribution is -2.54. The van der Waals surface area contributed by atoms with Crippen molar-refractivity contribution >= 4 is 17.8 Å². The van der Waals surface area contributed by atoms with Crippen LogP contribution in [0.5, 0.6) is 0 Å². The van der Waals surface area contributed by atoms with Gasteiger partial charge in [0, 0.05) is 23.5 Å². The summed E-state index contributed by atoms with van der Waals surface area (Å²) in [6.45, 7) is 5.32. The molecule has 2 aromatic carbocycles. The van der Waals surface area contributed by atoms with Crippen LogP contribution in [0.3, 0.4) is 0 Å². The molecule has 8 nitrogen and oxygen atoms in total. The van der Waals surface area contributed by atoms with Crippen LogP contribution in [0.1, 0.15) is 43.1 Å². The summed E-state index contributed by atoms with van der Waals surface area (Å²) in [6, 6.07) is 13.7. The van der Waals surface area contributed by atoms with Gasteiger partial charge in [-0.1, -0.05) is 19.1 Å². The van der Waals surface area contributed by atoms with E-state index >= 15 is 0 Å². The minimum atomic E-state index is -0.982. The highest BCUT2D eigenvalue weighted by molar-refractivity contribution is 5.98. The van der Waals surface area contributed by atoms with Crippen molar-refractivity contribution in [3.63, 3.8) is 0 Å². The van der Waals surface area contributed by atoms with Crippen LogP contribution < -0.4 is 10.6 Å². The second-order valence-corrected chi connectivity index (χ2v) is 9.36. The van der Waals surface area contributed by atoms with Gasteiger partial charge >= 0.3 is 5.97 Å². The second kappa shape index (κ2) is 11.6. The predicted molar refractivity (Wildman–Crippen MR) is 133 cm³/mol. The molecule has 0 fully saturated rings. The van der Waals surface area contributed by atoms with Crippen molar-refractivity contribution in [2.45, 2.75) is 45.2 Å². The van der Waals surface area contributed by atoms with E-state index in [0.717, 1.165) is 11.3 Å². The number of hydrogen-bond acceptors (Lipinski definition) is 5. The SMILES string of the molecule is COC(=O)C(C)C[C@H](NC(=O)c1ccc(-n2cccn2)cc1)C(=O)NC(C)(C)Cc1ccc(F)cc1. The molecule has 0 aliphatic carbocycles. The normalized spacial score (nSPS) is 12.9. The van der Waals surface area contributed by atoms with E-state index in [4.69, 9.17) is 4.74 Å². The first-order valence-electron chi connectivity index (χ1n) is 11.6. The van der Waals surface area contributed by atoms with Crippen LogP contribution in [0.4, 0.5) is 4.39 Å². The molecule has 2 N–H and O–H groups in total. The van der Waals surface area contributed by atoms with Crippen molar-refractivity contribution in [1.29, 1.82) is 0 Å². The molecule has 0 aliphatic rings. The maximum atomic E-state index is 13.3. The van der Waals surface area contributed by atoms with Gasteiger partial charge in [0.15, 0.2) is 0 Å². The van der Waals surface area contributed by atoms with E-state index in [1.165, 1.54) is 19.2 Å². The Hall–Kier alpha value is -4.01. The standard InChI is InChI=1S/C27H31FN4O4/c1-18(26(35)36-4)16-23(25(34)31-27(2,3)17-19-6-10-21(28)11-7-19)30-24(33)20-8-12-22(13-9-20)32-15-5-14-29-32/h5-15,18,23H,16-17H2,1-4H3,(H,30,33)(H,31,34)/t18?,23-/m0/s1. The van der Waals surface area contributed by atoms with Crippen molar-refractivity contribution in [3.05, 3.63) is 83.9 Å². The lowest BCUT2D eigenvalue weighted by Gasteiger charge is -2.30. The molecule has 2 amide bonds. The first-order chi connectivity index (χ1) is 17.1. The number of halogens is 1. The van der Waals surface area contributed by atoms with Gasteiger partial charge in [0.2, 0.25) is 5.91 Å². The molecular formula is C27H31FN4O4. The van der Waals surface area contributed by atoms with Crippen molar-refractivity contribution in [1.82, 2.24) is 20.4 Å². The molecule has 9 heteroatoms. The van der Waals surface area contributed by atoms with Crippen LogP contribution >= 0.6 is 0 Å². The average molecular weight is 495 g/mol. The minimum Gasteiger partial charge on any atom is -0.469 e. The van der Waals surface area contributed by atoms with Crippen LogP contribution in [-0.4, -0.2) is 46.3 Å². The number of carbonyl (C=O) groups is 3. The highest BCUT2D eigenvalue weighted by Crippen LogP contribution is 2.16. The summed E-state index contributed by atoms with van der Waals surface area (Å²) < 4.78 is 19.7. The van der Waals surface area contributed by atoms with E-state index in [1.54, 1.807) is 66.5 Å². The Bertz CT molecular complexity index is 1180. The van der Waals surface area contributed by atoms with E-state index in [-0.39, 0.29) is 12.2 Å². The Morgan fingerprint density at radius 1 is 1.08 bits per heavy atom. The van der Waals surface area contributed by atoms with Crippen LogP contribution in [0.15, 0.2) is 67.0 Å². The number of amides is 2. The molecule has 0 saturated heterocycles. The van der Waals surface area contributed by atoms with Gasteiger partial charge in [0.1, 0.15) is 11.9 Å². The number of ether oxygens (including phenoxy) is 1. The fraction of sp³-hybridized carbons (Fsp3) is 0.333. The van der Waals surface area contributed by atoms with Crippen LogP contribution in [0.25, 0.3) is 5.69 Å². The number of methoxy groups -OCH3 is 1. The van der Waals surface area contributed by atoms with E-state index < -0.39 is 35.3 Å². The van der Waals surface area contributed by atoms with Gasteiger partial charge in [0.25, 0.3) is 5.91 Å². The Labute approximate surface area is 209 Å². The third-order valence-corrected chi connectivity index (χ3v) is 5.73. The number of esters is 1. The van der Waals surface area contributed by atoms with E-state index in [1.807, 2.05) is 13.8 Å². The highest BCUT2D eigenvalue weighted by atomic mass is 19.1. The third kappa shape index (κ3) is 7.24. The first kappa shape index (κ1) is 26.6. The zero-order chi connectivity index (χ0) is 26.3. The third-order valence-electron chi connectivity index (χ3n) is 5.73. The van der Waals surface area contributed by atoms with Crippen molar-refractivity contribution in [2.24, 2.45) is 5.92 Å². The highest BCUT2D eigenvalue weighted by Gasteiger charge is 2.30. The van der Waals surface area contributed by atoms with Gasteiger partial charge in [-0.3, -0.25) is 14.4 Å². The van der Waals surface area contributed by atoms with Gasteiger partial charge in [-0.05, 0) is 74.7 Å². The largest absolute Gasteiger partial charge is 0.469 e. The minimum absolute atomic E-state index is 0.0578. The van der Waals surface area contributed by atoms with Gasteiger partial charge in [0.05, 0.1) is 18.7 Å². The smallest absolute Gasteiger partial charge is 0.308 e. The molecule has 190 valence electrons. The van der Waals surface area contributed by atoms with Crippen LogP contribution in [0.2, 0.25) is 0 Å². The topological polar surface area (TPSA) is 102 Å². The number of aromatic nitrogens is 2. The number of carbonyl (C=O) groups excluding carboxylic acids is 3. The Balaban J connectivity index is 1.73. The van der Waals surface area contributed by atoms with Crippen LogP contribution in [-0.2, 0) is 20.7 Å². The van der Waals surface area contributed by atoms with E-state index in [2.05, 4.69) is 15.7 Å². The Kier molecular flexibility index (Phi) is 8.58. The van der Waals surface area contributed by atoms with Crippen molar-refractivity contribution in [2.75, 3.05) is 7.11 Å². The fourth-order valence-electron chi connectivity index (χ4n) is 3.89. The summed E-state index contributed by atoms with van der Waals surface area (Å²) in [4.78, 5) is 38.3. The van der Waals surface area contributed by atoms with Crippen molar-refractivity contribution in [3.8, 4) is 5.69 Å². The predicted octanol–water partition coefficient (Wildman–Crippen LogP) is 3.45. The number of hydrogen-bond donors (Lipinski definition) is 2. The lowest BCUT2D eigenvalue weighted by molar-refractivity contribution is -0.145. The molecule has 0 bridgehead atoms. The second-order valence-electron chi connectivity index (χ2n) is 9.36. The molecule has 2 atom stereocenters. The molecule has 36 heavy (non-hydrogen) atoms. The summed E-state index contributed by atoms with van der Waals surface area (Å²) >= 11 is 0. The lowest BCUT2D eigenvalue weighted by atomic mass is 9.93. The van der Waals surface area contributed by atoms with Crippen molar-refractivity contribution < 1.29 is 23.5 Å². The fourth-order valence-corrected chi connectivity index (χ4v) is 3.89. The molecule has 0 aliphatic heterocycles. The molecular weight excluding hydrogens is 463 g/mol. The number of nitrogens with one attached hydrogen (secondary N) is 2. The van der Waals surface area contributed by atoms with Crippen LogP contribution in [0, 0.1) is 11.7 Å². The van der Waals surface area contributed by atoms with E-state index in [0.29, 0.717) is 12.0 Å². The number of rotatable bonds is 10. The van der Waals surface area contributed by atoms with Gasteiger partial charge in [-0.2, -0.15) is 5.10 Å². The maximum Gasteiger partial charge on any atom is 0.308 e. The Morgan fingerprint density at radius 3 is 2.33 bits per heavy atom. The molecule has 1 unspecified atom stereocenters. The summed E-state index contributed by atoms with van der Waals surface area (Å²) in [5.41, 5.74) is 1.30. The molecule has 0 radical (unpaired) electrons.